The van der Waals surface area contributed by atoms with Gasteiger partial charge in [0.05, 0.1) is 26.2 Å². The van der Waals surface area contributed by atoms with Gasteiger partial charge in [0.15, 0.2) is 0 Å². The molecule has 0 aliphatic carbocycles. The molecule has 1 fully saturated rings. The monoisotopic (exact) mass is 590 g/mol. The number of aryl methyl sites for hydroxylation is 1. The Morgan fingerprint density at radius 1 is 0.762 bits per heavy atom. The zero-order valence-electron chi connectivity index (χ0n) is 25.8. The van der Waals surface area contributed by atoms with Crippen LogP contribution >= 0.6 is 0 Å². The van der Waals surface area contributed by atoms with E-state index in [0.717, 1.165) is 19.3 Å². The van der Waals surface area contributed by atoms with Gasteiger partial charge in [-0.1, -0.05) is 45.0 Å². The minimum absolute atomic E-state index is 0.0303. The summed E-state index contributed by atoms with van der Waals surface area (Å²) in [6.45, 7) is 11.1. The van der Waals surface area contributed by atoms with Gasteiger partial charge >= 0.3 is 17.9 Å². The summed E-state index contributed by atoms with van der Waals surface area (Å²) in [6.07, 6.45) is 3.31. The summed E-state index contributed by atoms with van der Waals surface area (Å²) in [4.78, 5) is 54.2. The van der Waals surface area contributed by atoms with Gasteiger partial charge in [-0.2, -0.15) is 0 Å². The van der Waals surface area contributed by atoms with Crippen LogP contribution in [0.2, 0.25) is 0 Å². The Labute approximate surface area is 250 Å². The maximum Gasteiger partial charge on any atom is 0.317 e. The highest BCUT2D eigenvalue weighted by atomic mass is 16.4. The van der Waals surface area contributed by atoms with Gasteiger partial charge in [-0.15, -0.1) is 0 Å². The molecule has 0 radical (unpaired) electrons. The zero-order chi connectivity index (χ0) is 31.3. The molecule has 0 amide bonds. The van der Waals surface area contributed by atoms with Crippen LogP contribution in [0.4, 0.5) is 0 Å². The fraction of sp³-hybridized carbons (Fsp3) is 0.677. The maximum absolute atomic E-state index is 12.1. The Bertz CT molecular complexity index is 981. The molecule has 0 bridgehead atoms. The third kappa shape index (κ3) is 14.9. The average Bonchev–Trinajstić information content (AvgIpc) is 2.93. The molecule has 1 unspecified atom stereocenters. The van der Waals surface area contributed by atoms with E-state index in [2.05, 4.69) is 49.9 Å². The quantitative estimate of drug-likeness (QED) is 0.260. The molecular weight excluding hydrogens is 540 g/mol. The van der Waals surface area contributed by atoms with Crippen LogP contribution in [0.3, 0.4) is 0 Å². The number of hydrogen-bond acceptors (Lipinski definition) is 8. The van der Waals surface area contributed by atoms with Crippen molar-refractivity contribution in [3.8, 4) is 0 Å². The van der Waals surface area contributed by atoms with Crippen molar-refractivity contribution in [1.82, 2.24) is 19.6 Å². The van der Waals surface area contributed by atoms with E-state index >= 15 is 0 Å². The lowest BCUT2D eigenvalue weighted by molar-refractivity contribution is -0.140. The highest BCUT2D eigenvalue weighted by Gasteiger charge is 2.26. The van der Waals surface area contributed by atoms with Gasteiger partial charge in [-0.05, 0) is 49.1 Å². The van der Waals surface area contributed by atoms with Gasteiger partial charge in [-0.3, -0.25) is 38.8 Å². The van der Waals surface area contributed by atoms with Gasteiger partial charge in [0.25, 0.3) is 0 Å². The van der Waals surface area contributed by atoms with Crippen molar-refractivity contribution in [3.05, 3.63) is 35.4 Å². The topological polar surface area (TPSA) is 142 Å². The maximum atomic E-state index is 12.1. The molecule has 2 rings (SSSR count). The molecule has 1 aromatic carbocycles. The smallest absolute Gasteiger partial charge is 0.317 e. The summed E-state index contributed by atoms with van der Waals surface area (Å²) >= 11 is 0. The van der Waals surface area contributed by atoms with E-state index in [1.54, 1.807) is 14.7 Å². The summed E-state index contributed by atoms with van der Waals surface area (Å²) in [6, 6.07) is 8.42. The normalized spacial score (nSPS) is 16.9. The Balaban J connectivity index is 2.18. The highest BCUT2D eigenvalue weighted by molar-refractivity contribution is 5.78. The predicted molar refractivity (Wildman–Crippen MR) is 161 cm³/mol. The summed E-state index contributed by atoms with van der Waals surface area (Å²) in [5, 5.41) is 28.3. The lowest BCUT2D eigenvalue weighted by atomic mass is 9.88. The highest BCUT2D eigenvalue weighted by Crippen LogP contribution is 2.21. The molecule has 1 heterocycles. The molecule has 1 aliphatic rings. The van der Waals surface area contributed by atoms with E-state index < -0.39 is 17.9 Å². The number of Topliss-reactive ketones (excluding diaryl/α,β-unsaturated/α-hetero) is 1. The van der Waals surface area contributed by atoms with Crippen LogP contribution in [0.25, 0.3) is 0 Å². The standard InChI is InChI=1S/C31H50N4O7/c1-24(36)19-35(23-30(41)42)27(7-5-6-25-8-10-26(11-9-25)18-31(2,3)4)20-32-12-14-33(21-28(37)38)16-17-34(15-13-32)22-29(39)40/h8-11,27H,5-7,12-23H2,1-4H3,(H,37,38)(H,39,40)(H,41,42). The largest absolute Gasteiger partial charge is 0.480 e. The van der Waals surface area contributed by atoms with Crippen molar-refractivity contribution in [3.63, 3.8) is 0 Å². The van der Waals surface area contributed by atoms with Gasteiger partial charge < -0.3 is 15.3 Å². The molecule has 42 heavy (non-hydrogen) atoms. The summed E-state index contributed by atoms with van der Waals surface area (Å²) in [5.41, 5.74) is 2.71. The number of aliphatic carboxylic acids is 3. The number of carbonyl (C=O) groups excluding carboxylic acids is 1. The molecular formula is C31H50N4O7. The van der Waals surface area contributed by atoms with Crippen LogP contribution in [0.5, 0.6) is 0 Å². The minimum atomic E-state index is -1.000. The second-order valence-electron chi connectivity index (χ2n) is 12.7. The van der Waals surface area contributed by atoms with Crippen molar-refractivity contribution >= 4 is 23.7 Å². The Morgan fingerprint density at radius 2 is 1.24 bits per heavy atom. The van der Waals surface area contributed by atoms with Gasteiger partial charge in [0.2, 0.25) is 0 Å². The number of ketones is 1. The molecule has 1 aliphatic heterocycles. The fourth-order valence-corrected chi connectivity index (χ4v) is 5.50. The van der Waals surface area contributed by atoms with E-state index in [0.29, 0.717) is 52.2 Å². The average molecular weight is 591 g/mol. The van der Waals surface area contributed by atoms with Crippen LogP contribution in [0.15, 0.2) is 24.3 Å². The van der Waals surface area contributed by atoms with E-state index in [1.165, 1.54) is 18.1 Å². The minimum Gasteiger partial charge on any atom is -0.480 e. The SMILES string of the molecule is CC(=O)CN(CC(=O)O)C(CCCc1ccc(CC(C)(C)C)cc1)CN1CCN(CC(=O)O)CCN(CC(=O)O)CC1. The molecule has 0 spiro atoms. The zero-order valence-corrected chi connectivity index (χ0v) is 25.8. The number of rotatable bonds is 16. The summed E-state index contributed by atoms with van der Waals surface area (Å²) in [5.74, 6) is -2.99. The number of carboxylic acids is 3. The van der Waals surface area contributed by atoms with Gasteiger partial charge in [-0.25, -0.2) is 0 Å². The molecule has 0 saturated carbocycles. The first kappa shape index (κ1) is 35.3. The van der Waals surface area contributed by atoms with Crippen molar-refractivity contribution in [2.24, 2.45) is 5.41 Å². The van der Waals surface area contributed by atoms with Crippen molar-refractivity contribution in [2.75, 3.05) is 72.0 Å². The van der Waals surface area contributed by atoms with E-state index in [-0.39, 0.29) is 43.4 Å². The predicted octanol–water partition coefficient (Wildman–Crippen LogP) is 2.03. The second kappa shape index (κ2) is 17.3. The first-order valence-electron chi connectivity index (χ1n) is 14.8. The van der Waals surface area contributed by atoms with Crippen molar-refractivity contribution < 1.29 is 34.5 Å². The molecule has 3 N–H and O–H groups in total. The van der Waals surface area contributed by atoms with Crippen LogP contribution in [0.1, 0.15) is 51.7 Å². The first-order chi connectivity index (χ1) is 19.7. The lowest BCUT2D eigenvalue weighted by Crippen LogP contribution is -2.50. The fourth-order valence-electron chi connectivity index (χ4n) is 5.50. The Morgan fingerprint density at radius 3 is 1.67 bits per heavy atom. The third-order valence-electron chi connectivity index (χ3n) is 7.42. The second-order valence-corrected chi connectivity index (χ2v) is 12.7. The summed E-state index contributed by atoms with van der Waals surface area (Å²) in [7, 11) is 0. The molecule has 236 valence electrons. The first-order valence-corrected chi connectivity index (χ1v) is 14.8. The van der Waals surface area contributed by atoms with E-state index in [1.807, 2.05) is 0 Å². The van der Waals surface area contributed by atoms with Crippen LogP contribution in [0, 0.1) is 5.41 Å². The molecule has 1 saturated heterocycles. The third-order valence-corrected chi connectivity index (χ3v) is 7.42. The van der Waals surface area contributed by atoms with Crippen LogP contribution in [-0.2, 0) is 32.0 Å². The number of hydrogen-bond donors (Lipinski definition) is 3. The van der Waals surface area contributed by atoms with E-state index in [9.17, 15) is 34.5 Å². The molecule has 1 aromatic rings. The summed E-state index contributed by atoms with van der Waals surface area (Å²) < 4.78 is 0. The molecule has 0 aromatic heterocycles. The molecule has 11 heteroatoms. The van der Waals surface area contributed by atoms with Crippen LogP contribution in [-0.4, -0.2) is 137 Å². The van der Waals surface area contributed by atoms with Crippen molar-refractivity contribution in [1.29, 1.82) is 0 Å². The Kier molecular flexibility index (Phi) is 14.6. The molecule has 11 nitrogen and oxygen atoms in total. The van der Waals surface area contributed by atoms with E-state index in [4.69, 9.17) is 0 Å². The Hall–Kier alpha value is -2.86. The number of carbonyl (C=O) groups is 4. The number of nitrogens with zero attached hydrogens (tertiary/aromatic N) is 4. The number of carboxylic acid groups (broad SMARTS) is 3. The lowest BCUT2D eigenvalue weighted by Gasteiger charge is -2.35. The van der Waals surface area contributed by atoms with Crippen LogP contribution < -0.4 is 0 Å². The van der Waals surface area contributed by atoms with Crippen molar-refractivity contribution in [2.45, 2.75) is 59.4 Å². The van der Waals surface area contributed by atoms with Gasteiger partial charge in [0, 0.05) is 51.9 Å². The van der Waals surface area contributed by atoms with Gasteiger partial charge in [0.1, 0.15) is 5.78 Å². The number of benzene rings is 1. The molecule has 1 atom stereocenters.